The van der Waals surface area contributed by atoms with Crippen molar-refractivity contribution >= 4 is 40.8 Å². The van der Waals surface area contributed by atoms with E-state index in [4.69, 9.17) is 27.9 Å². The van der Waals surface area contributed by atoms with E-state index in [1.165, 1.54) is 30.7 Å². The molecule has 0 unspecified atom stereocenters. The second-order valence-electron chi connectivity index (χ2n) is 5.25. The minimum Gasteiger partial charge on any atom is -0.449 e. The fourth-order valence-corrected chi connectivity index (χ4v) is 2.55. The second kappa shape index (κ2) is 8.18. The van der Waals surface area contributed by atoms with Crippen molar-refractivity contribution in [2.45, 2.75) is 26.4 Å². The van der Waals surface area contributed by atoms with Crippen molar-refractivity contribution in [1.29, 1.82) is 0 Å². The number of rotatable bonds is 5. The molecule has 0 radical (unpaired) electrons. The SMILES string of the molecule is CCc1ccc(NC(=O)[C@H](C)OC(=O)c2cc(Cl)cc(Cl)c2)cc1. The Balaban J connectivity index is 1.98. The van der Waals surface area contributed by atoms with Gasteiger partial charge in [0, 0.05) is 15.7 Å². The highest BCUT2D eigenvalue weighted by Gasteiger charge is 2.19. The molecule has 0 aliphatic carbocycles. The Hall–Kier alpha value is -2.04. The lowest BCUT2D eigenvalue weighted by molar-refractivity contribution is -0.123. The van der Waals surface area contributed by atoms with Crippen LogP contribution in [-0.4, -0.2) is 18.0 Å². The summed E-state index contributed by atoms with van der Waals surface area (Å²) in [5.74, 6) is -1.08. The van der Waals surface area contributed by atoms with Crippen molar-refractivity contribution in [3.63, 3.8) is 0 Å². The van der Waals surface area contributed by atoms with E-state index in [0.29, 0.717) is 15.7 Å². The van der Waals surface area contributed by atoms with Crippen molar-refractivity contribution in [3.8, 4) is 0 Å². The van der Waals surface area contributed by atoms with E-state index in [1.54, 1.807) is 0 Å². The van der Waals surface area contributed by atoms with E-state index >= 15 is 0 Å². The number of ether oxygens (including phenoxy) is 1. The second-order valence-corrected chi connectivity index (χ2v) is 6.12. The van der Waals surface area contributed by atoms with Gasteiger partial charge in [0.15, 0.2) is 6.10 Å². The molecule has 2 aromatic rings. The highest BCUT2D eigenvalue weighted by molar-refractivity contribution is 6.35. The molecule has 1 N–H and O–H groups in total. The summed E-state index contributed by atoms with van der Waals surface area (Å²) in [4.78, 5) is 24.2. The number of carbonyl (C=O) groups is 2. The lowest BCUT2D eigenvalue weighted by Gasteiger charge is -2.14. The number of hydrogen-bond donors (Lipinski definition) is 1. The van der Waals surface area contributed by atoms with Crippen LogP contribution in [0.4, 0.5) is 5.69 Å². The van der Waals surface area contributed by atoms with Crippen LogP contribution in [0, 0.1) is 0 Å². The van der Waals surface area contributed by atoms with E-state index in [1.807, 2.05) is 24.3 Å². The highest BCUT2D eigenvalue weighted by atomic mass is 35.5. The first-order valence-electron chi connectivity index (χ1n) is 7.46. The van der Waals surface area contributed by atoms with Crippen LogP contribution in [0.3, 0.4) is 0 Å². The predicted molar refractivity (Wildman–Crippen MR) is 95.8 cm³/mol. The van der Waals surface area contributed by atoms with Crippen LogP contribution in [0.25, 0.3) is 0 Å². The first-order chi connectivity index (χ1) is 11.4. The van der Waals surface area contributed by atoms with Gasteiger partial charge < -0.3 is 10.1 Å². The van der Waals surface area contributed by atoms with Crippen molar-refractivity contribution in [3.05, 3.63) is 63.6 Å². The molecular formula is C18H17Cl2NO3. The lowest BCUT2D eigenvalue weighted by Crippen LogP contribution is -2.30. The van der Waals surface area contributed by atoms with E-state index in [-0.39, 0.29) is 5.56 Å². The topological polar surface area (TPSA) is 55.4 Å². The molecule has 0 aliphatic heterocycles. The third kappa shape index (κ3) is 4.98. The predicted octanol–water partition coefficient (Wildman–Crippen LogP) is 4.74. The molecule has 0 bridgehead atoms. The van der Waals surface area contributed by atoms with Gasteiger partial charge in [-0.25, -0.2) is 4.79 Å². The molecule has 2 rings (SSSR count). The molecule has 0 saturated carbocycles. The zero-order valence-electron chi connectivity index (χ0n) is 13.3. The summed E-state index contributed by atoms with van der Waals surface area (Å²) < 4.78 is 5.16. The Morgan fingerprint density at radius 2 is 1.67 bits per heavy atom. The summed E-state index contributed by atoms with van der Waals surface area (Å²) in [6.45, 7) is 3.55. The molecule has 2 aromatic carbocycles. The van der Waals surface area contributed by atoms with Crippen LogP contribution in [-0.2, 0) is 16.0 Å². The van der Waals surface area contributed by atoms with Gasteiger partial charge in [0.1, 0.15) is 0 Å². The van der Waals surface area contributed by atoms with Gasteiger partial charge in [0.25, 0.3) is 5.91 Å². The van der Waals surface area contributed by atoms with E-state index in [2.05, 4.69) is 12.2 Å². The number of anilines is 1. The summed E-state index contributed by atoms with van der Waals surface area (Å²) in [6, 6.07) is 11.9. The van der Waals surface area contributed by atoms with Crippen molar-refractivity contribution in [2.75, 3.05) is 5.32 Å². The van der Waals surface area contributed by atoms with Crippen LogP contribution in [0.5, 0.6) is 0 Å². The van der Waals surface area contributed by atoms with Crippen LogP contribution in [0.15, 0.2) is 42.5 Å². The molecule has 24 heavy (non-hydrogen) atoms. The number of halogens is 2. The van der Waals surface area contributed by atoms with Gasteiger partial charge in [-0.1, -0.05) is 42.3 Å². The van der Waals surface area contributed by atoms with E-state index < -0.39 is 18.0 Å². The molecule has 0 aliphatic rings. The van der Waals surface area contributed by atoms with Gasteiger partial charge in [0.05, 0.1) is 5.56 Å². The normalized spacial score (nSPS) is 11.7. The average Bonchev–Trinajstić information content (AvgIpc) is 2.54. The Morgan fingerprint density at radius 1 is 1.08 bits per heavy atom. The number of benzene rings is 2. The summed E-state index contributed by atoms with van der Waals surface area (Å²) in [5, 5.41) is 3.35. The Bertz CT molecular complexity index is 724. The molecule has 126 valence electrons. The molecule has 4 nitrogen and oxygen atoms in total. The quantitative estimate of drug-likeness (QED) is 0.778. The first-order valence-corrected chi connectivity index (χ1v) is 8.21. The lowest BCUT2D eigenvalue weighted by atomic mass is 10.1. The Labute approximate surface area is 150 Å². The summed E-state index contributed by atoms with van der Waals surface area (Å²) in [7, 11) is 0. The third-order valence-electron chi connectivity index (χ3n) is 3.38. The van der Waals surface area contributed by atoms with Gasteiger partial charge in [0.2, 0.25) is 0 Å². The molecule has 1 atom stereocenters. The molecule has 0 fully saturated rings. The monoisotopic (exact) mass is 365 g/mol. The molecular weight excluding hydrogens is 349 g/mol. The van der Waals surface area contributed by atoms with Gasteiger partial charge in [-0.2, -0.15) is 0 Å². The fraction of sp³-hybridized carbons (Fsp3) is 0.222. The first kappa shape index (κ1) is 18.3. The van der Waals surface area contributed by atoms with Crippen LogP contribution >= 0.6 is 23.2 Å². The minimum atomic E-state index is -0.957. The smallest absolute Gasteiger partial charge is 0.339 e. The van der Waals surface area contributed by atoms with Crippen molar-refractivity contribution in [2.24, 2.45) is 0 Å². The van der Waals surface area contributed by atoms with Gasteiger partial charge >= 0.3 is 5.97 Å². The van der Waals surface area contributed by atoms with Crippen LogP contribution in [0.1, 0.15) is 29.8 Å². The number of amides is 1. The molecule has 1 amide bonds. The number of aryl methyl sites for hydroxylation is 1. The summed E-state index contributed by atoms with van der Waals surface area (Å²) >= 11 is 11.7. The maximum absolute atomic E-state index is 12.1. The van der Waals surface area contributed by atoms with Gasteiger partial charge in [-0.3, -0.25) is 4.79 Å². The largest absolute Gasteiger partial charge is 0.449 e. The molecule has 6 heteroatoms. The number of hydrogen-bond acceptors (Lipinski definition) is 3. The van der Waals surface area contributed by atoms with Crippen LogP contribution in [0.2, 0.25) is 10.0 Å². The van der Waals surface area contributed by atoms with Gasteiger partial charge in [-0.05, 0) is 49.2 Å². The minimum absolute atomic E-state index is 0.194. The average molecular weight is 366 g/mol. The number of esters is 1. The fourth-order valence-electron chi connectivity index (χ4n) is 2.02. The Kier molecular flexibility index (Phi) is 6.23. The standard InChI is InChI=1S/C18H17Cl2NO3/c1-3-12-4-6-16(7-5-12)21-17(22)11(2)24-18(23)13-8-14(19)10-15(20)9-13/h4-11H,3H2,1-2H3,(H,21,22)/t11-/m0/s1. The van der Waals surface area contributed by atoms with Gasteiger partial charge in [-0.15, -0.1) is 0 Å². The maximum atomic E-state index is 12.1. The highest BCUT2D eigenvalue weighted by Crippen LogP contribution is 2.20. The summed E-state index contributed by atoms with van der Waals surface area (Å²) in [6.07, 6.45) is -0.0362. The van der Waals surface area contributed by atoms with E-state index in [9.17, 15) is 9.59 Å². The maximum Gasteiger partial charge on any atom is 0.339 e. The zero-order valence-corrected chi connectivity index (χ0v) is 14.8. The van der Waals surface area contributed by atoms with E-state index in [0.717, 1.165) is 6.42 Å². The zero-order chi connectivity index (χ0) is 17.7. The van der Waals surface area contributed by atoms with Crippen LogP contribution < -0.4 is 5.32 Å². The molecule has 0 spiro atoms. The third-order valence-corrected chi connectivity index (χ3v) is 3.82. The Morgan fingerprint density at radius 3 is 2.21 bits per heavy atom. The van der Waals surface area contributed by atoms with Crippen molar-refractivity contribution in [1.82, 2.24) is 0 Å². The molecule has 0 heterocycles. The number of nitrogens with one attached hydrogen (secondary N) is 1. The molecule has 0 aromatic heterocycles. The van der Waals surface area contributed by atoms with Crippen molar-refractivity contribution < 1.29 is 14.3 Å². The number of carbonyl (C=O) groups excluding carboxylic acids is 2. The summed E-state index contributed by atoms with van der Waals surface area (Å²) in [5.41, 5.74) is 2.01. The molecule has 0 saturated heterocycles.